The number of nitrogens with one attached hydrogen (secondary N) is 1. The molecule has 0 aliphatic rings. The molecule has 0 saturated carbocycles. The topological polar surface area (TPSA) is 54.5 Å². The van der Waals surface area contributed by atoms with Crippen LogP contribution in [0.2, 0.25) is 10.4 Å². The van der Waals surface area contributed by atoms with Crippen molar-refractivity contribution in [1.29, 1.82) is 0 Å². The summed E-state index contributed by atoms with van der Waals surface area (Å²) in [5.74, 6) is 0.627. The highest BCUT2D eigenvalue weighted by Gasteiger charge is 2.07. The quantitative estimate of drug-likeness (QED) is 0.585. The smallest absolute Gasteiger partial charge is 0.223 e. The van der Waals surface area contributed by atoms with E-state index in [0.29, 0.717) is 11.4 Å². The Balaban J connectivity index is 2.53. The van der Waals surface area contributed by atoms with E-state index in [1.165, 1.54) is 6.20 Å². The van der Waals surface area contributed by atoms with Gasteiger partial charge >= 0.3 is 0 Å². The predicted molar refractivity (Wildman–Crippen MR) is 49.6 cm³/mol. The average Bonchev–Trinajstić information content (AvgIpc) is 2.56. The summed E-state index contributed by atoms with van der Waals surface area (Å²) in [6.45, 7) is 0. The first-order valence-electron chi connectivity index (χ1n) is 3.45. The monoisotopic (exact) mass is 214 g/mol. The van der Waals surface area contributed by atoms with Gasteiger partial charge in [-0.05, 0) is 11.6 Å². The lowest BCUT2D eigenvalue weighted by Crippen LogP contribution is -1.88. The zero-order valence-corrected chi connectivity index (χ0v) is 7.84. The van der Waals surface area contributed by atoms with Gasteiger partial charge in [0.15, 0.2) is 0 Å². The molecule has 0 aromatic carbocycles. The van der Waals surface area contributed by atoms with Gasteiger partial charge in [0.2, 0.25) is 5.28 Å². The van der Waals surface area contributed by atoms with E-state index in [2.05, 4.69) is 19.9 Å². The number of hydrogen-bond donors (Lipinski definition) is 1. The van der Waals surface area contributed by atoms with E-state index in [-0.39, 0.29) is 10.4 Å². The fraction of sp³-hybridized carbons (Fsp3) is 0. The van der Waals surface area contributed by atoms with Crippen molar-refractivity contribution in [2.45, 2.75) is 0 Å². The molecule has 66 valence electrons. The maximum atomic E-state index is 5.83. The van der Waals surface area contributed by atoms with E-state index < -0.39 is 0 Å². The summed E-state index contributed by atoms with van der Waals surface area (Å²) in [4.78, 5) is 14.5. The van der Waals surface area contributed by atoms with Crippen LogP contribution < -0.4 is 0 Å². The highest BCUT2D eigenvalue weighted by Crippen LogP contribution is 2.22. The molecule has 0 atom stereocenters. The third-order valence-corrected chi connectivity index (χ3v) is 1.94. The van der Waals surface area contributed by atoms with Crippen molar-refractivity contribution in [3.05, 3.63) is 29.0 Å². The molecule has 2 rings (SSSR count). The summed E-state index contributed by atoms with van der Waals surface area (Å²) in [7, 11) is 0. The summed E-state index contributed by atoms with van der Waals surface area (Å²) in [6.07, 6.45) is 4.84. The molecule has 0 radical (unpaired) electrons. The fourth-order valence-corrected chi connectivity index (χ4v) is 1.31. The van der Waals surface area contributed by atoms with Crippen LogP contribution in [-0.4, -0.2) is 19.9 Å². The van der Waals surface area contributed by atoms with Gasteiger partial charge in [-0.2, -0.15) is 0 Å². The Labute approximate surface area is 84.0 Å². The molecule has 13 heavy (non-hydrogen) atoms. The Morgan fingerprint density at radius 2 is 2.08 bits per heavy atom. The van der Waals surface area contributed by atoms with Crippen LogP contribution in [0, 0.1) is 0 Å². The SMILES string of the molecule is Clc1ncc(-c2ncc[nH]2)c(Cl)n1. The van der Waals surface area contributed by atoms with Gasteiger partial charge in [-0.25, -0.2) is 15.0 Å². The Morgan fingerprint density at radius 3 is 2.69 bits per heavy atom. The van der Waals surface area contributed by atoms with E-state index in [4.69, 9.17) is 23.2 Å². The lowest BCUT2D eigenvalue weighted by Gasteiger charge is -1.98. The first-order chi connectivity index (χ1) is 6.27. The van der Waals surface area contributed by atoms with Crippen LogP contribution in [-0.2, 0) is 0 Å². The van der Waals surface area contributed by atoms with Crippen LogP contribution in [0.1, 0.15) is 0 Å². The van der Waals surface area contributed by atoms with E-state index in [0.717, 1.165) is 0 Å². The Hall–Kier alpha value is -1.13. The van der Waals surface area contributed by atoms with Crippen molar-refractivity contribution < 1.29 is 0 Å². The number of H-pyrrole nitrogens is 1. The van der Waals surface area contributed by atoms with Gasteiger partial charge in [-0.15, -0.1) is 0 Å². The second-order valence-corrected chi connectivity index (χ2v) is 2.98. The lowest BCUT2D eigenvalue weighted by molar-refractivity contribution is 1.15. The normalized spacial score (nSPS) is 10.3. The van der Waals surface area contributed by atoms with Crippen LogP contribution in [0.5, 0.6) is 0 Å². The molecule has 0 bridgehead atoms. The van der Waals surface area contributed by atoms with Gasteiger partial charge in [-0.1, -0.05) is 11.6 Å². The molecular formula is C7H4Cl2N4. The largest absolute Gasteiger partial charge is 0.344 e. The van der Waals surface area contributed by atoms with E-state index in [1.807, 2.05) is 0 Å². The molecule has 0 spiro atoms. The minimum absolute atomic E-state index is 0.125. The van der Waals surface area contributed by atoms with Gasteiger partial charge in [0.1, 0.15) is 11.0 Å². The summed E-state index contributed by atoms with van der Waals surface area (Å²) < 4.78 is 0. The molecule has 2 heterocycles. The number of nitrogens with zero attached hydrogens (tertiary/aromatic N) is 3. The van der Waals surface area contributed by atoms with Crippen LogP contribution >= 0.6 is 23.2 Å². The first-order valence-corrected chi connectivity index (χ1v) is 4.21. The van der Waals surface area contributed by atoms with Gasteiger partial charge < -0.3 is 4.98 Å². The molecule has 0 amide bonds. The second-order valence-electron chi connectivity index (χ2n) is 2.28. The number of halogens is 2. The standard InChI is InChI=1S/C7H4Cl2N4/c8-5-4(3-12-7(9)13-5)6-10-1-2-11-6/h1-3H,(H,10,11). The molecular weight excluding hydrogens is 211 g/mol. The van der Waals surface area contributed by atoms with Gasteiger partial charge in [-0.3, -0.25) is 0 Å². The van der Waals surface area contributed by atoms with Crippen LogP contribution in [0.4, 0.5) is 0 Å². The zero-order chi connectivity index (χ0) is 9.26. The molecule has 0 fully saturated rings. The average molecular weight is 215 g/mol. The Kier molecular flexibility index (Phi) is 2.16. The molecule has 1 N–H and O–H groups in total. The second kappa shape index (κ2) is 3.32. The summed E-state index contributed by atoms with van der Waals surface area (Å²) in [6, 6.07) is 0. The number of rotatable bonds is 1. The molecule has 0 saturated heterocycles. The fourth-order valence-electron chi connectivity index (χ4n) is 0.913. The zero-order valence-electron chi connectivity index (χ0n) is 6.33. The van der Waals surface area contributed by atoms with Gasteiger partial charge in [0.25, 0.3) is 0 Å². The Bertz CT molecular complexity index is 412. The molecule has 6 heteroatoms. The first kappa shape index (κ1) is 8.47. The highest BCUT2D eigenvalue weighted by atomic mass is 35.5. The molecule has 0 aliphatic carbocycles. The molecule has 0 aliphatic heterocycles. The summed E-state index contributed by atoms with van der Waals surface area (Å²) in [5.41, 5.74) is 0.635. The molecule has 2 aromatic rings. The van der Waals surface area contributed by atoms with Gasteiger partial charge in [0, 0.05) is 18.6 Å². The van der Waals surface area contributed by atoms with Crippen molar-refractivity contribution in [3.8, 4) is 11.4 Å². The predicted octanol–water partition coefficient (Wildman–Crippen LogP) is 2.17. The lowest BCUT2D eigenvalue weighted by atomic mass is 10.3. The van der Waals surface area contributed by atoms with Crippen molar-refractivity contribution in [2.24, 2.45) is 0 Å². The summed E-state index contributed by atoms with van der Waals surface area (Å²) >= 11 is 11.4. The highest BCUT2D eigenvalue weighted by molar-refractivity contribution is 6.33. The maximum absolute atomic E-state index is 5.83. The van der Waals surface area contributed by atoms with Crippen molar-refractivity contribution in [3.63, 3.8) is 0 Å². The maximum Gasteiger partial charge on any atom is 0.223 e. The third kappa shape index (κ3) is 1.64. The van der Waals surface area contributed by atoms with Crippen LogP contribution in [0.25, 0.3) is 11.4 Å². The molecule has 2 aromatic heterocycles. The van der Waals surface area contributed by atoms with Crippen LogP contribution in [0.15, 0.2) is 18.6 Å². The van der Waals surface area contributed by atoms with E-state index >= 15 is 0 Å². The number of aromatic amines is 1. The molecule has 0 unspecified atom stereocenters. The van der Waals surface area contributed by atoms with Gasteiger partial charge in [0.05, 0.1) is 5.56 Å². The van der Waals surface area contributed by atoms with E-state index in [9.17, 15) is 0 Å². The molecule has 4 nitrogen and oxygen atoms in total. The van der Waals surface area contributed by atoms with Crippen LogP contribution in [0.3, 0.4) is 0 Å². The number of aromatic nitrogens is 4. The van der Waals surface area contributed by atoms with Crippen molar-refractivity contribution >= 4 is 23.2 Å². The number of imidazole rings is 1. The summed E-state index contributed by atoms with van der Waals surface area (Å²) in [5, 5.41) is 0.412. The Morgan fingerprint density at radius 1 is 1.23 bits per heavy atom. The minimum Gasteiger partial charge on any atom is -0.344 e. The van der Waals surface area contributed by atoms with Crippen molar-refractivity contribution in [2.75, 3.05) is 0 Å². The van der Waals surface area contributed by atoms with E-state index in [1.54, 1.807) is 12.4 Å². The van der Waals surface area contributed by atoms with Crippen molar-refractivity contribution in [1.82, 2.24) is 19.9 Å². The minimum atomic E-state index is 0.125. The third-order valence-electron chi connectivity index (χ3n) is 1.47. The number of hydrogen-bond acceptors (Lipinski definition) is 3.